The zero-order valence-electron chi connectivity index (χ0n) is 11.7. The van der Waals surface area contributed by atoms with Crippen molar-refractivity contribution in [1.82, 2.24) is 15.0 Å². The Labute approximate surface area is 112 Å². The fourth-order valence-electron chi connectivity index (χ4n) is 1.45. The molecule has 6 heteroatoms. The molecule has 18 heavy (non-hydrogen) atoms. The SMILES string of the molecule is CSCCCn1nnc(C(=O)OC(C)(C)C)c1C. The summed E-state index contributed by atoms with van der Waals surface area (Å²) in [5.41, 5.74) is 0.575. The third kappa shape index (κ3) is 4.33. The van der Waals surface area contributed by atoms with Crippen molar-refractivity contribution in [2.75, 3.05) is 12.0 Å². The van der Waals surface area contributed by atoms with Crippen LogP contribution in [0.1, 0.15) is 43.4 Å². The molecule has 0 spiro atoms. The molecule has 0 atom stereocenters. The van der Waals surface area contributed by atoms with Gasteiger partial charge in [-0.15, -0.1) is 5.10 Å². The molecular weight excluding hydrogens is 250 g/mol. The summed E-state index contributed by atoms with van der Waals surface area (Å²) in [4.78, 5) is 11.9. The molecule has 102 valence electrons. The van der Waals surface area contributed by atoms with Crippen LogP contribution in [0, 0.1) is 6.92 Å². The Kier molecular flexibility index (Phi) is 5.19. The van der Waals surface area contributed by atoms with Gasteiger partial charge in [-0.3, -0.25) is 0 Å². The number of hydrogen-bond acceptors (Lipinski definition) is 5. The summed E-state index contributed by atoms with van der Waals surface area (Å²) in [7, 11) is 0. The minimum absolute atomic E-state index is 0.314. The number of carbonyl (C=O) groups excluding carboxylic acids is 1. The van der Waals surface area contributed by atoms with Gasteiger partial charge in [0.25, 0.3) is 0 Å². The Morgan fingerprint density at radius 1 is 1.44 bits per heavy atom. The second-order valence-corrected chi connectivity index (χ2v) is 6.08. The summed E-state index contributed by atoms with van der Waals surface area (Å²) in [6, 6.07) is 0. The maximum absolute atomic E-state index is 11.9. The summed E-state index contributed by atoms with van der Waals surface area (Å²) < 4.78 is 7.04. The molecule has 5 nitrogen and oxygen atoms in total. The fraction of sp³-hybridized carbons (Fsp3) is 0.750. The Morgan fingerprint density at radius 3 is 2.67 bits per heavy atom. The predicted octanol–water partition coefficient (Wildman–Crippen LogP) is 2.29. The molecular formula is C12H21N3O2S. The van der Waals surface area contributed by atoms with Crippen molar-refractivity contribution in [2.45, 2.75) is 46.3 Å². The normalized spacial score (nSPS) is 11.6. The Bertz CT molecular complexity index is 410. The van der Waals surface area contributed by atoms with Crippen LogP contribution >= 0.6 is 11.8 Å². The number of thioether (sulfide) groups is 1. The minimum Gasteiger partial charge on any atom is -0.455 e. The van der Waals surface area contributed by atoms with Crippen LogP contribution in [0.15, 0.2) is 0 Å². The van der Waals surface area contributed by atoms with E-state index >= 15 is 0 Å². The van der Waals surface area contributed by atoms with E-state index in [1.54, 1.807) is 16.4 Å². The van der Waals surface area contributed by atoms with E-state index in [9.17, 15) is 4.79 Å². The van der Waals surface area contributed by atoms with Crippen LogP contribution in [0.5, 0.6) is 0 Å². The molecule has 0 unspecified atom stereocenters. The number of hydrogen-bond donors (Lipinski definition) is 0. The maximum Gasteiger partial charge on any atom is 0.361 e. The van der Waals surface area contributed by atoms with Crippen LogP contribution in [-0.2, 0) is 11.3 Å². The second kappa shape index (κ2) is 6.22. The van der Waals surface area contributed by atoms with Crippen molar-refractivity contribution in [3.63, 3.8) is 0 Å². The van der Waals surface area contributed by atoms with Crippen LogP contribution < -0.4 is 0 Å². The third-order valence-electron chi connectivity index (χ3n) is 2.29. The molecule has 1 rings (SSSR count). The first-order chi connectivity index (χ1) is 8.35. The predicted molar refractivity (Wildman–Crippen MR) is 72.9 cm³/mol. The minimum atomic E-state index is -0.508. The summed E-state index contributed by atoms with van der Waals surface area (Å²) in [5.74, 6) is 0.664. The molecule has 1 aromatic heterocycles. The quantitative estimate of drug-likeness (QED) is 0.607. The van der Waals surface area contributed by atoms with E-state index in [1.807, 2.05) is 27.7 Å². The first kappa shape index (κ1) is 15.0. The molecule has 0 amide bonds. The molecule has 0 aliphatic rings. The van der Waals surface area contributed by atoms with E-state index < -0.39 is 11.6 Å². The van der Waals surface area contributed by atoms with Crippen LogP contribution in [-0.4, -0.2) is 38.6 Å². The Morgan fingerprint density at radius 2 is 2.11 bits per heavy atom. The van der Waals surface area contributed by atoms with Gasteiger partial charge in [-0.25, -0.2) is 9.48 Å². The number of rotatable bonds is 5. The van der Waals surface area contributed by atoms with E-state index in [1.165, 1.54) is 0 Å². The lowest BCUT2D eigenvalue weighted by atomic mass is 10.2. The average Bonchev–Trinajstić information content (AvgIpc) is 2.58. The first-order valence-corrected chi connectivity index (χ1v) is 7.37. The van der Waals surface area contributed by atoms with Crippen LogP contribution in [0.25, 0.3) is 0 Å². The molecule has 0 aliphatic carbocycles. The van der Waals surface area contributed by atoms with Gasteiger partial charge in [0.2, 0.25) is 0 Å². The maximum atomic E-state index is 11.9. The summed E-state index contributed by atoms with van der Waals surface area (Å²) in [5, 5.41) is 7.91. The lowest BCUT2D eigenvalue weighted by molar-refractivity contribution is 0.00619. The summed E-state index contributed by atoms with van der Waals surface area (Å²) >= 11 is 1.79. The molecule has 0 aliphatic heterocycles. The number of carbonyl (C=O) groups is 1. The van der Waals surface area contributed by atoms with Gasteiger partial charge in [-0.05, 0) is 46.1 Å². The molecule has 0 fully saturated rings. The second-order valence-electron chi connectivity index (χ2n) is 5.09. The van der Waals surface area contributed by atoms with E-state index in [2.05, 4.69) is 16.6 Å². The first-order valence-electron chi connectivity index (χ1n) is 5.97. The molecule has 1 aromatic rings. The average molecular weight is 271 g/mol. The lowest BCUT2D eigenvalue weighted by Gasteiger charge is -2.18. The molecule has 0 saturated carbocycles. The number of ether oxygens (including phenoxy) is 1. The topological polar surface area (TPSA) is 57.0 Å². The number of aromatic nitrogens is 3. The van der Waals surface area contributed by atoms with Crippen molar-refractivity contribution in [3.8, 4) is 0 Å². The van der Waals surface area contributed by atoms with E-state index in [0.717, 1.165) is 24.4 Å². The van der Waals surface area contributed by atoms with E-state index in [4.69, 9.17) is 4.74 Å². The van der Waals surface area contributed by atoms with Gasteiger partial charge in [-0.1, -0.05) is 5.21 Å². The zero-order valence-corrected chi connectivity index (χ0v) is 12.5. The standard InChI is InChI=1S/C12H21N3O2S/c1-9-10(11(16)17-12(2,3)4)13-14-15(9)7-6-8-18-5/h6-8H2,1-5H3. The van der Waals surface area contributed by atoms with Crippen molar-refractivity contribution in [2.24, 2.45) is 0 Å². The molecule has 0 bridgehead atoms. The lowest BCUT2D eigenvalue weighted by Crippen LogP contribution is -2.24. The molecule has 1 heterocycles. The van der Waals surface area contributed by atoms with Gasteiger partial charge in [-0.2, -0.15) is 11.8 Å². The Balaban J connectivity index is 2.71. The highest BCUT2D eigenvalue weighted by atomic mass is 32.2. The summed E-state index contributed by atoms with van der Waals surface area (Å²) in [6.45, 7) is 8.14. The highest BCUT2D eigenvalue weighted by Crippen LogP contribution is 2.13. The summed E-state index contributed by atoms with van der Waals surface area (Å²) in [6.07, 6.45) is 3.08. The highest BCUT2D eigenvalue weighted by Gasteiger charge is 2.23. The number of esters is 1. The van der Waals surface area contributed by atoms with Crippen LogP contribution in [0.4, 0.5) is 0 Å². The van der Waals surface area contributed by atoms with Gasteiger partial charge >= 0.3 is 5.97 Å². The largest absolute Gasteiger partial charge is 0.455 e. The monoisotopic (exact) mass is 271 g/mol. The smallest absolute Gasteiger partial charge is 0.361 e. The van der Waals surface area contributed by atoms with E-state index in [-0.39, 0.29) is 0 Å². The molecule has 0 radical (unpaired) electrons. The van der Waals surface area contributed by atoms with Gasteiger partial charge < -0.3 is 4.74 Å². The van der Waals surface area contributed by atoms with Crippen LogP contribution in [0.3, 0.4) is 0 Å². The molecule has 0 N–H and O–H groups in total. The molecule has 0 aromatic carbocycles. The van der Waals surface area contributed by atoms with Gasteiger partial charge in [0, 0.05) is 6.54 Å². The number of nitrogens with zero attached hydrogens (tertiary/aromatic N) is 3. The van der Waals surface area contributed by atoms with Crippen molar-refractivity contribution in [1.29, 1.82) is 0 Å². The molecule has 0 saturated heterocycles. The van der Waals surface area contributed by atoms with Gasteiger partial charge in [0.05, 0.1) is 5.69 Å². The number of aryl methyl sites for hydroxylation is 1. The fourth-order valence-corrected chi connectivity index (χ4v) is 1.86. The highest BCUT2D eigenvalue weighted by molar-refractivity contribution is 7.98. The Hall–Kier alpha value is -1.04. The van der Waals surface area contributed by atoms with Crippen molar-refractivity contribution >= 4 is 17.7 Å². The van der Waals surface area contributed by atoms with Crippen molar-refractivity contribution in [3.05, 3.63) is 11.4 Å². The zero-order chi connectivity index (χ0) is 13.8. The third-order valence-corrected chi connectivity index (χ3v) is 2.99. The van der Waals surface area contributed by atoms with Crippen molar-refractivity contribution < 1.29 is 9.53 Å². The van der Waals surface area contributed by atoms with Crippen LogP contribution in [0.2, 0.25) is 0 Å². The van der Waals surface area contributed by atoms with E-state index in [0.29, 0.717) is 5.69 Å². The van der Waals surface area contributed by atoms with Gasteiger partial charge in [0.15, 0.2) is 5.69 Å². The van der Waals surface area contributed by atoms with Gasteiger partial charge in [0.1, 0.15) is 5.60 Å².